The van der Waals surface area contributed by atoms with Crippen LogP contribution in [-0.2, 0) is 4.79 Å². The van der Waals surface area contributed by atoms with Crippen LogP contribution in [0, 0.1) is 24.4 Å². The highest BCUT2D eigenvalue weighted by atomic mass is 19.1. The number of carbonyl (C=O) groups is 2. The van der Waals surface area contributed by atoms with Crippen LogP contribution in [0.5, 0.6) is 0 Å². The van der Waals surface area contributed by atoms with Crippen molar-refractivity contribution in [3.8, 4) is 11.1 Å². The number of hydrogen-bond acceptors (Lipinski definition) is 5. The first kappa shape index (κ1) is 22.8. The van der Waals surface area contributed by atoms with E-state index in [-0.39, 0.29) is 28.2 Å². The van der Waals surface area contributed by atoms with Crippen molar-refractivity contribution in [2.24, 2.45) is 0 Å². The fourth-order valence-electron chi connectivity index (χ4n) is 3.12. The Morgan fingerprint density at radius 2 is 1.75 bits per heavy atom. The highest BCUT2D eigenvalue weighted by Crippen LogP contribution is 2.31. The fraction of sp³-hybridized carbons (Fsp3) is 0.136. The van der Waals surface area contributed by atoms with Crippen LogP contribution in [0.25, 0.3) is 11.1 Å². The molecular weight excluding hydrogens is 425 g/mol. The maximum Gasteiger partial charge on any atom is 0.257 e. The summed E-state index contributed by atoms with van der Waals surface area (Å²) in [6.45, 7) is 1.45. The number of nitrogens with one attached hydrogen (secondary N) is 2. The number of benzene rings is 2. The second-order valence-corrected chi connectivity index (χ2v) is 6.93. The monoisotopic (exact) mass is 444 g/mol. The average molecular weight is 444 g/mol. The van der Waals surface area contributed by atoms with E-state index >= 15 is 0 Å². The molecule has 5 N–H and O–H groups in total. The van der Waals surface area contributed by atoms with E-state index < -0.39 is 35.4 Å². The Morgan fingerprint density at radius 1 is 1.09 bits per heavy atom. The number of nitrogens with two attached hydrogens (primary N) is 1. The molecule has 0 saturated carbocycles. The molecule has 166 valence electrons. The van der Waals surface area contributed by atoms with Gasteiger partial charge >= 0.3 is 0 Å². The van der Waals surface area contributed by atoms with Crippen molar-refractivity contribution >= 4 is 23.3 Å². The van der Waals surface area contributed by atoms with Crippen LogP contribution in [0.3, 0.4) is 0 Å². The lowest BCUT2D eigenvalue weighted by Crippen LogP contribution is -2.22. The molecule has 0 radical (unpaired) electrons. The third-order valence-electron chi connectivity index (χ3n) is 4.79. The predicted molar refractivity (Wildman–Crippen MR) is 112 cm³/mol. The summed E-state index contributed by atoms with van der Waals surface area (Å²) < 4.78 is 41.7. The molecule has 32 heavy (non-hydrogen) atoms. The number of anilines is 2. The molecule has 1 heterocycles. The van der Waals surface area contributed by atoms with Gasteiger partial charge in [0.25, 0.3) is 11.8 Å². The van der Waals surface area contributed by atoms with Gasteiger partial charge < -0.3 is 21.5 Å². The number of halogens is 3. The fourth-order valence-corrected chi connectivity index (χ4v) is 3.12. The maximum atomic E-state index is 15.0. The first-order chi connectivity index (χ1) is 15.1. The Kier molecular flexibility index (Phi) is 6.45. The highest BCUT2D eigenvalue weighted by Gasteiger charge is 2.22. The third kappa shape index (κ3) is 4.54. The van der Waals surface area contributed by atoms with E-state index in [2.05, 4.69) is 15.6 Å². The van der Waals surface area contributed by atoms with Crippen molar-refractivity contribution in [3.05, 3.63) is 76.7 Å². The van der Waals surface area contributed by atoms with E-state index in [1.54, 1.807) is 0 Å². The molecule has 2 amide bonds. The third-order valence-corrected chi connectivity index (χ3v) is 4.79. The molecular formula is C22H19F3N4O3. The van der Waals surface area contributed by atoms with E-state index in [1.165, 1.54) is 38.4 Å². The minimum Gasteiger partial charge on any atom is -0.383 e. The Morgan fingerprint density at radius 3 is 2.38 bits per heavy atom. The van der Waals surface area contributed by atoms with Crippen LogP contribution in [0.2, 0.25) is 0 Å². The zero-order valence-corrected chi connectivity index (χ0v) is 17.0. The number of rotatable bonds is 5. The number of nitrogens with zero attached hydrogens (tertiary/aromatic N) is 1. The highest BCUT2D eigenvalue weighted by molar-refractivity contribution is 5.99. The largest absolute Gasteiger partial charge is 0.383 e. The summed E-state index contributed by atoms with van der Waals surface area (Å²) in [5, 5.41) is 14.7. The molecule has 1 aromatic heterocycles. The van der Waals surface area contributed by atoms with Crippen molar-refractivity contribution in [2.75, 3.05) is 18.1 Å². The topological polar surface area (TPSA) is 117 Å². The van der Waals surface area contributed by atoms with E-state index in [0.29, 0.717) is 17.2 Å². The van der Waals surface area contributed by atoms with Gasteiger partial charge in [0.15, 0.2) is 6.10 Å². The Labute approximate surface area is 181 Å². The van der Waals surface area contributed by atoms with Crippen LogP contribution < -0.4 is 16.4 Å². The summed E-state index contributed by atoms with van der Waals surface area (Å²) >= 11 is 0. The smallest absolute Gasteiger partial charge is 0.257 e. The van der Waals surface area contributed by atoms with Crippen LogP contribution in [0.4, 0.5) is 24.7 Å². The molecule has 3 rings (SSSR count). The SMILES string of the molecule is CNC(=O)c1cc(-c2ccc(NC(=O)C(O)c3cc(F)cc(F)c3)c(F)c2C)cnc1N. The molecule has 0 aliphatic heterocycles. The number of amides is 2. The molecule has 1 atom stereocenters. The number of carbonyl (C=O) groups excluding carboxylic acids is 2. The lowest BCUT2D eigenvalue weighted by atomic mass is 9.99. The number of aromatic nitrogens is 1. The van der Waals surface area contributed by atoms with Crippen molar-refractivity contribution in [2.45, 2.75) is 13.0 Å². The molecule has 0 spiro atoms. The summed E-state index contributed by atoms with van der Waals surface area (Å²) in [7, 11) is 1.43. The van der Waals surface area contributed by atoms with Gasteiger partial charge in [0, 0.05) is 24.9 Å². The molecule has 7 nitrogen and oxygen atoms in total. The molecule has 0 fully saturated rings. The maximum absolute atomic E-state index is 15.0. The van der Waals surface area contributed by atoms with Gasteiger partial charge in [-0.2, -0.15) is 0 Å². The molecule has 0 bridgehead atoms. The molecule has 1 unspecified atom stereocenters. The standard InChI is InChI=1S/C22H19F3N4O3/c1-10-15(12-7-16(21(31)27-2)20(26)28-9-12)3-4-17(18(10)25)29-22(32)19(30)11-5-13(23)8-14(24)6-11/h3-9,19,30H,1-2H3,(H2,26,28)(H,27,31)(H,29,32). The van der Waals surface area contributed by atoms with Crippen LogP contribution in [-0.4, -0.2) is 29.0 Å². The van der Waals surface area contributed by atoms with Crippen molar-refractivity contribution in [1.29, 1.82) is 0 Å². The molecule has 2 aromatic carbocycles. The second kappa shape index (κ2) is 9.06. The lowest BCUT2D eigenvalue weighted by molar-refractivity contribution is -0.124. The van der Waals surface area contributed by atoms with E-state index in [9.17, 15) is 27.9 Å². The normalized spacial score (nSPS) is 11.7. The van der Waals surface area contributed by atoms with Gasteiger partial charge in [-0.25, -0.2) is 18.2 Å². The van der Waals surface area contributed by atoms with Crippen LogP contribution in [0.15, 0.2) is 42.6 Å². The summed E-state index contributed by atoms with van der Waals surface area (Å²) in [6.07, 6.45) is -0.541. The summed E-state index contributed by atoms with van der Waals surface area (Å²) in [5.74, 6) is -4.25. The first-order valence-electron chi connectivity index (χ1n) is 9.34. The van der Waals surface area contributed by atoms with Crippen molar-refractivity contribution in [1.82, 2.24) is 10.3 Å². The van der Waals surface area contributed by atoms with Gasteiger partial charge in [0.2, 0.25) is 0 Å². The first-order valence-corrected chi connectivity index (χ1v) is 9.34. The summed E-state index contributed by atoms with van der Waals surface area (Å²) in [4.78, 5) is 28.2. The number of hydrogen-bond donors (Lipinski definition) is 4. The number of pyridine rings is 1. The Balaban J connectivity index is 1.89. The minimum absolute atomic E-state index is 0.0119. The van der Waals surface area contributed by atoms with Gasteiger partial charge in [-0.3, -0.25) is 9.59 Å². The molecule has 10 heteroatoms. The van der Waals surface area contributed by atoms with Gasteiger partial charge in [-0.05, 0) is 47.9 Å². The Hall–Kier alpha value is -3.92. The van der Waals surface area contributed by atoms with Gasteiger partial charge in [-0.15, -0.1) is 0 Å². The second-order valence-electron chi connectivity index (χ2n) is 6.93. The molecule has 0 aliphatic carbocycles. The predicted octanol–water partition coefficient (Wildman–Crippen LogP) is 3.09. The average Bonchev–Trinajstić information content (AvgIpc) is 2.75. The van der Waals surface area contributed by atoms with Crippen molar-refractivity contribution < 1.29 is 27.9 Å². The molecule has 0 saturated heterocycles. The molecule has 3 aromatic rings. The zero-order valence-electron chi connectivity index (χ0n) is 17.0. The summed E-state index contributed by atoms with van der Waals surface area (Å²) in [6, 6.07) is 6.40. The van der Waals surface area contributed by atoms with E-state index in [0.717, 1.165) is 12.1 Å². The van der Waals surface area contributed by atoms with Crippen molar-refractivity contribution in [3.63, 3.8) is 0 Å². The Bertz CT molecular complexity index is 1200. The quantitative estimate of drug-likeness (QED) is 0.483. The van der Waals surface area contributed by atoms with E-state index in [1.807, 2.05) is 0 Å². The van der Waals surface area contributed by atoms with Gasteiger partial charge in [0.05, 0.1) is 11.3 Å². The summed E-state index contributed by atoms with van der Waals surface area (Å²) in [5.41, 5.74) is 6.22. The number of aliphatic hydroxyl groups excluding tert-OH is 1. The lowest BCUT2D eigenvalue weighted by Gasteiger charge is -2.15. The number of nitrogen functional groups attached to an aromatic ring is 1. The van der Waals surface area contributed by atoms with Crippen LogP contribution >= 0.6 is 0 Å². The zero-order chi connectivity index (χ0) is 23.6. The van der Waals surface area contributed by atoms with E-state index in [4.69, 9.17) is 5.73 Å². The van der Waals surface area contributed by atoms with Crippen LogP contribution in [0.1, 0.15) is 27.6 Å². The minimum atomic E-state index is -1.92. The number of aliphatic hydroxyl groups is 1. The molecule has 0 aliphatic rings. The van der Waals surface area contributed by atoms with Gasteiger partial charge in [-0.1, -0.05) is 6.07 Å². The van der Waals surface area contributed by atoms with Gasteiger partial charge in [0.1, 0.15) is 23.3 Å².